The Kier molecular flexibility index (Phi) is 6.43. The van der Waals surface area contributed by atoms with Crippen molar-refractivity contribution in [3.05, 3.63) is 170 Å². The number of benzene rings is 7. The molecular formula is C43H28N4. The molecule has 0 aliphatic carbocycles. The molecule has 0 amide bonds. The van der Waals surface area contributed by atoms with Crippen molar-refractivity contribution in [3.63, 3.8) is 0 Å². The third-order valence-electron chi connectivity index (χ3n) is 8.88. The number of rotatable bonds is 5. The highest BCUT2D eigenvalue weighted by atomic mass is 15.1. The largest absolute Gasteiger partial charge is 0.309 e. The summed E-state index contributed by atoms with van der Waals surface area (Å²) in [4.78, 5) is 15.3. The standard InChI is InChI=1S/C43H28N4/c1-2-14-31(15-3-1)41-44-42(32-27-25-30(26-28-32)34-21-12-16-29-13-4-5-17-33(29)34)46-43(45-41)37-20-8-11-24-40(37)47-38-22-9-6-18-35(38)36-19-7-10-23-39(36)47/h1-28H. The van der Waals surface area contributed by atoms with Crippen molar-refractivity contribution in [3.8, 4) is 51.0 Å². The van der Waals surface area contributed by atoms with Gasteiger partial charge in [-0.1, -0.05) is 146 Å². The van der Waals surface area contributed by atoms with Crippen LogP contribution in [0.4, 0.5) is 0 Å². The second kappa shape index (κ2) is 11.2. The number of nitrogens with zero attached hydrogens (tertiary/aromatic N) is 4. The quantitative estimate of drug-likeness (QED) is 0.197. The van der Waals surface area contributed by atoms with Crippen LogP contribution in [-0.2, 0) is 0 Å². The lowest BCUT2D eigenvalue weighted by atomic mass is 9.97. The average Bonchev–Trinajstić information content (AvgIpc) is 3.49. The summed E-state index contributed by atoms with van der Waals surface area (Å²) in [6.45, 7) is 0. The average molecular weight is 601 g/mol. The maximum absolute atomic E-state index is 5.15. The number of hydrogen-bond acceptors (Lipinski definition) is 3. The van der Waals surface area contributed by atoms with E-state index in [0.29, 0.717) is 17.5 Å². The van der Waals surface area contributed by atoms with E-state index in [1.807, 2.05) is 30.3 Å². The zero-order chi connectivity index (χ0) is 31.2. The minimum atomic E-state index is 0.629. The van der Waals surface area contributed by atoms with Gasteiger partial charge in [0.05, 0.1) is 16.7 Å². The lowest BCUT2D eigenvalue weighted by Crippen LogP contribution is -2.03. The van der Waals surface area contributed by atoms with Crippen molar-refractivity contribution in [2.45, 2.75) is 0 Å². The van der Waals surface area contributed by atoms with E-state index in [4.69, 9.17) is 15.0 Å². The molecule has 0 saturated heterocycles. The zero-order valence-electron chi connectivity index (χ0n) is 25.5. The van der Waals surface area contributed by atoms with Crippen molar-refractivity contribution in [1.29, 1.82) is 0 Å². The van der Waals surface area contributed by atoms with Gasteiger partial charge in [0.15, 0.2) is 17.5 Å². The Bertz CT molecular complexity index is 2510. The van der Waals surface area contributed by atoms with Crippen LogP contribution in [0.5, 0.6) is 0 Å². The third-order valence-corrected chi connectivity index (χ3v) is 8.88. The number of aromatic nitrogens is 4. The van der Waals surface area contributed by atoms with Gasteiger partial charge >= 0.3 is 0 Å². The fraction of sp³-hybridized carbons (Fsp3) is 0. The van der Waals surface area contributed by atoms with E-state index >= 15 is 0 Å². The van der Waals surface area contributed by atoms with E-state index in [1.54, 1.807) is 0 Å². The minimum Gasteiger partial charge on any atom is -0.309 e. The first-order valence-electron chi connectivity index (χ1n) is 15.8. The maximum atomic E-state index is 5.15. The minimum absolute atomic E-state index is 0.629. The molecule has 0 bridgehead atoms. The highest BCUT2D eigenvalue weighted by molar-refractivity contribution is 6.09. The first-order valence-corrected chi connectivity index (χ1v) is 15.8. The summed E-state index contributed by atoms with van der Waals surface area (Å²) in [5.41, 5.74) is 8.48. The molecule has 0 radical (unpaired) electrons. The molecule has 0 N–H and O–H groups in total. The van der Waals surface area contributed by atoms with Gasteiger partial charge in [0.2, 0.25) is 0 Å². The van der Waals surface area contributed by atoms with Crippen LogP contribution in [0, 0.1) is 0 Å². The van der Waals surface area contributed by atoms with Gasteiger partial charge in [-0.2, -0.15) is 0 Å². The van der Waals surface area contributed by atoms with Crippen molar-refractivity contribution >= 4 is 32.6 Å². The van der Waals surface area contributed by atoms with Gasteiger partial charge in [-0.05, 0) is 46.2 Å². The van der Waals surface area contributed by atoms with Gasteiger partial charge in [0.25, 0.3) is 0 Å². The van der Waals surface area contributed by atoms with Gasteiger partial charge in [0.1, 0.15) is 0 Å². The van der Waals surface area contributed by atoms with Crippen LogP contribution >= 0.6 is 0 Å². The molecule has 0 saturated carbocycles. The van der Waals surface area contributed by atoms with Gasteiger partial charge in [-0.3, -0.25) is 0 Å². The van der Waals surface area contributed by atoms with Gasteiger partial charge < -0.3 is 4.57 Å². The van der Waals surface area contributed by atoms with E-state index in [0.717, 1.165) is 39.0 Å². The van der Waals surface area contributed by atoms with Crippen LogP contribution in [-0.4, -0.2) is 19.5 Å². The van der Waals surface area contributed by atoms with Gasteiger partial charge in [0, 0.05) is 27.5 Å². The lowest BCUT2D eigenvalue weighted by Gasteiger charge is -2.14. The fourth-order valence-corrected chi connectivity index (χ4v) is 6.66. The second-order valence-corrected chi connectivity index (χ2v) is 11.7. The maximum Gasteiger partial charge on any atom is 0.166 e. The molecule has 4 heteroatoms. The van der Waals surface area contributed by atoms with Crippen molar-refractivity contribution in [1.82, 2.24) is 19.5 Å². The van der Waals surface area contributed by atoms with Crippen molar-refractivity contribution in [2.24, 2.45) is 0 Å². The zero-order valence-corrected chi connectivity index (χ0v) is 25.5. The SMILES string of the molecule is c1ccc(-c2nc(-c3ccc(-c4cccc5ccccc45)cc3)nc(-c3ccccc3-n3c4ccccc4c4ccccc43)n2)cc1. The fourth-order valence-electron chi connectivity index (χ4n) is 6.66. The Labute approximate surface area is 272 Å². The molecule has 0 atom stereocenters. The molecule has 0 unspecified atom stereocenters. The Morgan fingerprint density at radius 3 is 1.53 bits per heavy atom. The Morgan fingerprint density at radius 2 is 0.809 bits per heavy atom. The Hall–Kier alpha value is -6.39. The molecule has 7 aromatic carbocycles. The van der Waals surface area contributed by atoms with Gasteiger partial charge in [-0.15, -0.1) is 0 Å². The molecule has 4 nitrogen and oxygen atoms in total. The molecule has 0 fully saturated rings. The number of para-hydroxylation sites is 3. The molecule has 2 heterocycles. The van der Waals surface area contributed by atoms with Crippen LogP contribution in [0.2, 0.25) is 0 Å². The summed E-state index contributed by atoms with van der Waals surface area (Å²) >= 11 is 0. The first kappa shape index (κ1) is 27.0. The topological polar surface area (TPSA) is 43.6 Å². The van der Waals surface area contributed by atoms with E-state index in [9.17, 15) is 0 Å². The summed E-state index contributed by atoms with van der Waals surface area (Å²) in [6.07, 6.45) is 0. The van der Waals surface area contributed by atoms with Crippen LogP contribution in [0.15, 0.2) is 170 Å². The normalized spacial score (nSPS) is 11.4. The van der Waals surface area contributed by atoms with E-state index in [-0.39, 0.29) is 0 Å². The molecule has 9 rings (SSSR count). The molecule has 47 heavy (non-hydrogen) atoms. The molecule has 2 aromatic heterocycles. The van der Waals surface area contributed by atoms with E-state index < -0.39 is 0 Å². The summed E-state index contributed by atoms with van der Waals surface area (Å²) in [5.74, 6) is 1.90. The summed E-state index contributed by atoms with van der Waals surface area (Å²) in [5, 5.41) is 4.89. The van der Waals surface area contributed by atoms with E-state index in [2.05, 4.69) is 144 Å². The van der Waals surface area contributed by atoms with Gasteiger partial charge in [-0.25, -0.2) is 15.0 Å². The first-order chi connectivity index (χ1) is 23.3. The Balaban J connectivity index is 1.23. The molecule has 0 spiro atoms. The number of fused-ring (bicyclic) bond motifs is 4. The summed E-state index contributed by atoms with van der Waals surface area (Å²) in [7, 11) is 0. The van der Waals surface area contributed by atoms with E-state index in [1.165, 1.54) is 27.1 Å². The molecule has 0 aliphatic heterocycles. The smallest absolute Gasteiger partial charge is 0.166 e. The van der Waals surface area contributed by atoms with Crippen molar-refractivity contribution < 1.29 is 0 Å². The van der Waals surface area contributed by atoms with Crippen LogP contribution < -0.4 is 0 Å². The lowest BCUT2D eigenvalue weighted by molar-refractivity contribution is 1.06. The predicted molar refractivity (Wildman–Crippen MR) is 193 cm³/mol. The number of hydrogen-bond donors (Lipinski definition) is 0. The highest BCUT2D eigenvalue weighted by Gasteiger charge is 2.19. The summed E-state index contributed by atoms with van der Waals surface area (Å²) < 4.78 is 2.32. The van der Waals surface area contributed by atoms with Crippen LogP contribution in [0.3, 0.4) is 0 Å². The monoisotopic (exact) mass is 600 g/mol. The molecule has 220 valence electrons. The molecular weight excluding hydrogens is 573 g/mol. The van der Waals surface area contributed by atoms with Crippen LogP contribution in [0.1, 0.15) is 0 Å². The third kappa shape index (κ3) is 4.66. The predicted octanol–water partition coefficient (Wildman–Crippen LogP) is 10.8. The molecule has 9 aromatic rings. The molecule has 0 aliphatic rings. The Morgan fingerprint density at radius 1 is 0.319 bits per heavy atom. The summed E-state index contributed by atoms with van der Waals surface area (Å²) in [6, 6.07) is 59.2. The highest BCUT2D eigenvalue weighted by Crippen LogP contribution is 2.36. The van der Waals surface area contributed by atoms with Crippen molar-refractivity contribution in [2.75, 3.05) is 0 Å². The second-order valence-electron chi connectivity index (χ2n) is 11.7. The van der Waals surface area contributed by atoms with Crippen LogP contribution in [0.25, 0.3) is 83.6 Å².